The standard InChI is InChI=1S/C14H18N2O4S/c1-9(13(17)15-5-6-19-3)20-14(18)11-8-12-10(16(11)2)4-7-21-12/h4,7-9H,5-6H2,1-3H3,(H,15,17)/t9-/m0/s1. The maximum atomic E-state index is 12.1. The molecule has 2 aromatic heterocycles. The van der Waals surface area contributed by atoms with Gasteiger partial charge in [0.1, 0.15) is 5.69 Å². The predicted octanol–water partition coefficient (Wildman–Crippen LogP) is 1.55. The Labute approximate surface area is 126 Å². The molecule has 0 radical (unpaired) electrons. The third-order valence-electron chi connectivity index (χ3n) is 3.13. The van der Waals surface area contributed by atoms with Crippen LogP contribution in [0.3, 0.4) is 0 Å². The number of nitrogens with zero attached hydrogens (tertiary/aromatic N) is 1. The number of thiophene rings is 1. The molecule has 0 fully saturated rings. The van der Waals surface area contributed by atoms with E-state index in [4.69, 9.17) is 9.47 Å². The molecule has 1 amide bonds. The summed E-state index contributed by atoms with van der Waals surface area (Å²) < 4.78 is 12.8. The molecule has 0 aliphatic heterocycles. The van der Waals surface area contributed by atoms with Gasteiger partial charge in [-0.25, -0.2) is 4.79 Å². The number of carbonyl (C=O) groups excluding carboxylic acids is 2. The molecule has 2 aromatic rings. The fourth-order valence-electron chi connectivity index (χ4n) is 1.94. The molecule has 0 spiro atoms. The number of ether oxygens (including phenoxy) is 2. The lowest BCUT2D eigenvalue weighted by Crippen LogP contribution is -2.37. The van der Waals surface area contributed by atoms with E-state index < -0.39 is 12.1 Å². The molecule has 0 bridgehead atoms. The number of aromatic nitrogens is 1. The molecular formula is C14H18N2O4S. The second-order valence-electron chi connectivity index (χ2n) is 4.59. The Balaban J connectivity index is 1.98. The number of rotatable bonds is 6. The van der Waals surface area contributed by atoms with E-state index in [0.29, 0.717) is 18.8 Å². The van der Waals surface area contributed by atoms with Crippen LogP contribution in [0.15, 0.2) is 17.5 Å². The summed E-state index contributed by atoms with van der Waals surface area (Å²) in [5, 5.41) is 4.59. The van der Waals surface area contributed by atoms with Gasteiger partial charge in [0.15, 0.2) is 6.10 Å². The van der Waals surface area contributed by atoms with E-state index in [0.717, 1.165) is 10.2 Å². The summed E-state index contributed by atoms with van der Waals surface area (Å²) >= 11 is 1.56. The molecule has 1 atom stereocenters. The molecule has 2 rings (SSSR count). The number of esters is 1. The normalized spacial score (nSPS) is 12.3. The molecule has 0 aromatic carbocycles. The summed E-state index contributed by atoms with van der Waals surface area (Å²) in [6.45, 7) is 2.35. The van der Waals surface area contributed by atoms with Crippen molar-refractivity contribution in [3.05, 3.63) is 23.2 Å². The number of nitrogens with one attached hydrogen (secondary N) is 1. The molecule has 114 valence electrons. The quantitative estimate of drug-likeness (QED) is 0.649. The van der Waals surface area contributed by atoms with Crippen molar-refractivity contribution >= 4 is 33.4 Å². The van der Waals surface area contributed by atoms with Crippen LogP contribution in [0.4, 0.5) is 0 Å². The van der Waals surface area contributed by atoms with Crippen LogP contribution in [0.5, 0.6) is 0 Å². The number of hydrogen-bond donors (Lipinski definition) is 1. The van der Waals surface area contributed by atoms with Gasteiger partial charge < -0.3 is 19.4 Å². The van der Waals surface area contributed by atoms with Gasteiger partial charge in [-0.05, 0) is 24.4 Å². The highest BCUT2D eigenvalue weighted by Crippen LogP contribution is 2.24. The first-order chi connectivity index (χ1) is 10.0. The first-order valence-corrected chi connectivity index (χ1v) is 7.43. The van der Waals surface area contributed by atoms with Crippen LogP contribution >= 0.6 is 11.3 Å². The van der Waals surface area contributed by atoms with Crippen molar-refractivity contribution in [2.45, 2.75) is 13.0 Å². The van der Waals surface area contributed by atoms with E-state index in [9.17, 15) is 9.59 Å². The van der Waals surface area contributed by atoms with Crippen LogP contribution < -0.4 is 5.32 Å². The van der Waals surface area contributed by atoms with Crippen molar-refractivity contribution in [3.63, 3.8) is 0 Å². The van der Waals surface area contributed by atoms with E-state index >= 15 is 0 Å². The zero-order chi connectivity index (χ0) is 15.4. The van der Waals surface area contributed by atoms with Crippen LogP contribution in [0.1, 0.15) is 17.4 Å². The molecule has 6 nitrogen and oxygen atoms in total. The largest absolute Gasteiger partial charge is 0.448 e. The number of methoxy groups -OCH3 is 1. The number of hydrogen-bond acceptors (Lipinski definition) is 5. The van der Waals surface area contributed by atoms with Crippen molar-refractivity contribution < 1.29 is 19.1 Å². The fraction of sp³-hybridized carbons (Fsp3) is 0.429. The van der Waals surface area contributed by atoms with Gasteiger partial charge in [-0.2, -0.15) is 0 Å². The molecule has 0 aliphatic rings. The molecule has 21 heavy (non-hydrogen) atoms. The van der Waals surface area contributed by atoms with Gasteiger partial charge in [0.2, 0.25) is 0 Å². The van der Waals surface area contributed by atoms with E-state index in [-0.39, 0.29) is 5.91 Å². The Morgan fingerprint density at radius 1 is 1.48 bits per heavy atom. The van der Waals surface area contributed by atoms with E-state index in [2.05, 4.69) is 5.32 Å². The Kier molecular flexibility index (Phi) is 4.98. The van der Waals surface area contributed by atoms with Crippen LogP contribution in [0.2, 0.25) is 0 Å². The average Bonchev–Trinajstić information content (AvgIpc) is 3.02. The lowest BCUT2D eigenvalue weighted by Gasteiger charge is -2.13. The van der Waals surface area contributed by atoms with E-state index in [1.54, 1.807) is 43.1 Å². The molecule has 0 saturated heterocycles. The topological polar surface area (TPSA) is 69.6 Å². The lowest BCUT2D eigenvalue weighted by atomic mass is 10.3. The van der Waals surface area contributed by atoms with Gasteiger partial charge in [-0.1, -0.05) is 0 Å². The number of carbonyl (C=O) groups is 2. The molecular weight excluding hydrogens is 292 g/mol. The summed E-state index contributed by atoms with van der Waals surface area (Å²) in [6.07, 6.45) is -0.845. The van der Waals surface area contributed by atoms with Crippen molar-refractivity contribution in [3.8, 4) is 0 Å². The summed E-state index contributed by atoms with van der Waals surface area (Å²) in [7, 11) is 3.35. The van der Waals surface area contributed by atoms with Gasteiger partial charge in [0, 0.05) is 20.7 Å². The maximum absolute atomic E-state index is 12.1. The Morgan fingerprint density at radius 3 is 2.90 bits per heavy atom. The van der Waals surface area contributed by atoms with Crippen LogP contribution in [-0.4, -0.2) is 42.8 Å². The molecule has 7 heteroatoms. The molecule has 2 heterocycles. The fourth-order valence-corrected chi connectivity index (χ4v) is 2.79. The minimum atomic E-state index is -0.845. The summed E-state index contributed by atoms with van der Waals surface area (Å²) in [4.78, 5) is 23.9. The van der Waals surface area contributed by atoms with Crippen LogP contribution in [0.25, 0.3) is 10.2 Å². The maximum Gasteiger partial charge on any atom is 0.355 e. The highest BCUT2D eigenvalue weighted by molar-refractivity contribution is 7.17. The minimum absolute atomic E-state index is 0.337. The highest BCUT2D eigenvalue weighted by atomic mass is 32.1. The number of aryl methyl sites for hydroxylation is 1. The zero-order valence-electron chi connectivity index (χ0n) is 12.2. The Morgan fingerprint density at radius 2 is 2.24 bits per heavy atom. The summed E-state index contributed by atoms with van der Waals surface area (Å²) in [6, 6.07) is 3.72. The van der Waals surface area contributed by atoms with Gasteiger partial charge in [-0.15, -0.1) is 11.3 Å². The second kappa shape index (κ2) is 6.73. The van der Waals surface area contributed by atoms with Crippen molar-refractivity contribution in [2.75, 3.05) is 20.3 Å². The van der Waals surface area contributed by atoms with E-state index in [1.807, 2.05) is 11.4 Å². The Bertz CT molecular complexity index is 646. The van der Waals surface area contributed by atoms with Crippen LogP contribution in [0, 0.1) is 0 Å². The SMILES string of the molecule is COCCNC(=O)[C@H](C)OC(=O)c1cc2sccc2n1C. The number of fused-ring (bicyclic) bond motifs is 1. The number of amides is 1. The predicted molar refractivity (Wildman–Crippen MR) is 80.6 cm³/mol. The van der Waals surface area contributed by atoms with Gasteiger partial charge in [0.25, 0.3) is 5.91 Å². The molecule has 0 saturated carbocycles. The smallest absolute Gasteiger partial charge is 0.355 e. The first kappa shape index (κ1) is 15.5. The first-order valence-electron chi connectivity index (χ1n) is 6.55. The molecule has 0 unspecified atom stereocenters. The summed E-state index contributed by atoms with van der Waals surface area (Å²) in [5.74, 6) is -0.841. The lowest BCUT2D eigenvalue weighted by molar-refractivity contribution is -0.129. The van der Waals surface area contributed by atoms with Crippen molar-refractivity contribution in [1.82, 2.24) is 9.88 Å². The monoisotopic (exact) mass is 310 g/mol. The third-order valence-corrected chi connectivity index (χ3v) is 3.98. The molecule has 1 N–H and O–H groups in total. The average molecular weight is 310 g/mol. The Hall–Kier alpha value is -1.86. The molecule has 0 aliphatic carbocycles. The van der Waals surface area contributed by atoms with E-state index in [1.165, 1.54) is 0 Å². The van der Waals surface area contributed by atoms with Crippen molar-refractivity contribution in [1.29, 1.82) is 0 Å². The van der Waals surface area contributed by atoms with Crippen LogP contribution in [-0.2, 0) is 21.3 Å². The van der Waals surface area contributed by atoms with Gasteiger partial charge in [-0.3, -0.25) is 4.79 Å². The van der Waals surface area contributed by atoms with Gasteiger partial charge >= 0.3 is 5.97 Å². The second-order valence-corrected chi connectivity index (χ2v) is 5.54. The van der Waals surface area contributed by atoms with Gasteiger partial charge in [0.05, 0.1) is 16.8 Å². The highest BCUT2D eigenvalue weighted by Gasteiger charge is 2.21. The summed E-state index contributed by atoms with van der Waals surface area (Å²) in [5.41, 5.74) is 1.41. The van der Waals surface area contributed by atoms with Crippen molar-refractivity contribution in [2.24, 2.45) is 7.05 Å². The third kappa shape index (κ3) is 3.43. The zero-order valence-corrected chi connectivity index (χ0v) is 13.0. The minimum Gasteiger partial charge on any atom is -0.448 e.